The largest absolute Gasteiger partial charge is 0.480 e. The third-order valence-corrected chi connectivity index (χ3v) is 4.76. The second kappa shape index (κ2) is 15.9. The molecule has 0 saturated heterocycles. The minimum Gasteiger partial charge on any atom is -0.480 e. The summed E-state index contributed by atoms with van der Waals surface area (Å²) in [4.78, 5) is 59.8. The quantitative estimate of drug-likeness (QED) is 0.102. The molecule has 0 aliphatic rings. The maximum Gasteiger partial charge on any atom is 0.326 e. The van der Waals surface area contributed by atoms with E-state index in [-0.39, 0.29) is 31.6 Å². The number of amides is 4. The van der Waals surface area contributed by atoms with Crippen molar-refractivity contribution in [1.82, 2.24) is 16.0 Å². The molecule has 0 unspecified atom stereocenters. The summed E-state index contributed by atoms with van der Waals surface area (Å²) in [7, 11) is 0. The van der Waals surface area contributed by atoms with Crippen molar-refractivity contribution < 1.29 is 34.2 Å². The van der Waals surface area contributed by atoms with Crippen molar-refractivity contribution >= 4 is 29.6 Å². The number of aliphatic carboxylic acids is 1. The number of primary amides is 1. The zero-order valence-corrected chi connectivity index (χ0v) is 19.2. The minimum absolute atomic E-state index is 0.00754. The van der Waals surface area contributed by atoms with Crippen molar-refractivity contribution in [3.63, 3.8) is 0 Å². The maximum atomic E-state index is 12.8. The van der Waals surface area contributed by atoms with Gasteiger partial charge in [-0.05, 0) is 44.6 Å². The Bertz CT molecular complexity index is 673. The number of hydrogen-bond acceptors (Lipinski definition) is 8. The van der Waals surface area contributed by atoms with Crippen molar-refractivity contribution in [2.45, 2.75) is 76.5 Å². The Balaban J connectivity index is 5.23. The van der Waals surface area contributed by atoms with Gasteiger partial charge in [0.2, 0.25) is 23.6 Å². The topological polar surface area (TPSA) is 240 Å². The van der Waals surface area contributed by atoms with Crippen LogP contribution >= 0.6 is 0 Å². The molecule has 13 nitrogen and oxygen atoms in total. The Morgan fingerprint density at radius 1 is 0.848 bits per heavy atom. The number of carboxylic acid groups (broad SMARTS) is 1. The van der Waals surface area contributed by atoms with Crippen LogP contribution in [0.25, 0.3) is 0 Å². The van der Waals surface area contributed by atoms with Gasteiger partial charge in [-0.3, -0.25) is 19.2 Å². The van der Waals surface area contributed by atoms with Crippen LogP contribution < -0.4 is 33.2 Å². The molecule has 0 fully saturated rings. The van der Waals surface area contributed by atoms with E-state index < -0.39 is 60.4 Å². The summed E-state index contributed by atoms with van der Waals surface area (Å²) in [5, 5.41) is 26.0. The SMILES string of the molecule is CC(C)C[C@H](NC(=O)[C@H](CO)NC(=O)[C@H](CCCCN)NC(=O)[C@@H](N)CCC(N)=O)C(=O)O. The molecule has 0 aromatic rings. The number of carbonyl (C=O) groups excluding carboxylic acids is 4. The molecule has 0 saturated carbocycles. The average molecular weight is 475 g/mol. The molecule has 11 N–H and O–H groups in total. The van der Waals surface area contributed by atoms with Gasteiger partial charge in [-0.1, -0.05) is 13.8 Å². The molecule has 0 aliphatic heterocycles. The second-order valence-electron chi connectivity index (χ2n) is 8.23. The van der Waals surface area contributed by atoms with Crippen LogP contribution in [-0.4, -0.2) is 77.1 Å². The molecule has 4 atom stereocenters. The van der Waals surface area contributed by atoms with Gasteiger partial charge in [0, 0.05) is 6.42 Å². The van der Waals surface area contributed by atoms with E-state index in [9.17, 15) is 34.2 Å². The Kier molecular flexibility index (Phi) is 14.6. The number of nitrogens with two attached hydrogens (primary N) is 3. The Morgan fingerprint density at radius 2 is 1.39 bits per heavy atom. The van der Waals surface area contributed by atoms with Gasteiger partial charge < -0.3 is 43.4 Å². The first kappa shape index (κ1) is 30.2. The van der Waals surface area contributed by atoms with Crippen molar-refractivity contribution in [1.29, 1.82) is 0 Å². The summed E-state index contributed by atoms with van der Waals surface area (Å²) in [5.74, 6) is -4.19. The van der Waals surface area contributed by atoms with E-state index >= 15 is 0 Å². The molecule has 0 aromatic carbocycles. The van der Waals surface area contributed by atoms with E-state index in [0.29, 0.717) is 19.4 Å². The number of hydrogen-bond donors (Lipinski definition) is 8. The highest BCUT2D eigenvalue weighted by Gasteiger charge is 2.30. The highest BCUT2D eigenvalue weighted by molar-refractivity contribution is 5.94. The van der Waals surface area contributed by atoms with Crippen molar-refractivity contribution in [2.75, 3.05) is 13.2 Å². The lowest BCUT2D eigenvalue weighted by molar-refractivity contribution is -0.143. The van der Waals surface area contributed by atoms with Gasteiger partial charge in [0.05, 0.1) is 12.6 Å². The van der Waals surface area contributed by atoms with Crippen LogP contribution in [0.4, 0.5) is 0 Å². The molecule has 0 radical (unpaired) electrons. The van der Waals surface area contributed by atoms with E-state index in [1.54, 1.807) is 13.8 Å². The van der Waals surface area contributed by atoms with Crippen molar-refractivity contribution in [2.24, 2.45) is 23.1 Å². The lowest BCUT2D eigenvalue weighted by Gasteiger charge is -2.24. The Morgan fingerprint density at radius 3 is 1.88 bits per heavy atom. The normalized spacial score (nSPS) is 14.6. The first-order valence-corrected chi connectivity index (χ1v) is 10.9. The van der Waals surface area contributed by atoms with Crippen LogP contribution in [-0.2, 0) is 24.0 Å². The Hall–Kier alpha value is -2.77. The van der Waals surface area contributed by atoms with Crippen LogP contribution in [0.2, 0.25) is 0 Å². The first-order valence-electron chi connectivity index (χ1n) is 10.9. The van der Waals surface area contributed by atoms with E-state index in [1.165, 1.54) is 0 Å². The average Bonchev–Trinajstić information content (AvgIpc) is 2.73. The van der Waals surface area contributed by atoms with E-state index in [0.717, 1.165) is 0 Å². The van der Waals surface area contributed by atoms with Gasteiger partial charge >= 0.3 is 5.97 Å². The van der Waals surface area contributed by atoms with Crippen LogP contribution in [0.1, 0.15) is 52.4 Å². The maximum absolute atomic E-state index is 12.8. The Labute approximate surface area is 193 Å². The lowest BCUT2D eigenvalue weighted by Crippen LogP contribution is -2.58. The summed E-state index contributed by atoms with van der Waals surface area (Å²) >= 11 is 0. The predicted octanol–water partition coefficient (Wildman–Crippen LogP) is -2.71. The van der Waals surface area contributed by atoms with Gasteiger partial charge in [0.25, 0.3) is 0 Å². The molecule has 0 rings (SSSR count). The van der Waals surface area contributed by atoms with Crippen LogP contribution in [0.15, 0.2) is 0 Å². The third-order valence-electron chi connectivity index (χ3n) is 4.76. The number of unbranched alkanes of at least 4 members (excludes halogenated alkanes) is 1. The molecule has 33 heavy (non-hydrogen) atoms. The van der Waals surface area contributed by atoms with Gasteiger partial charge in [-0.25, -0.2) is 4.79 Å². The van der Waals surface area contributed by atoms with Crippen LogP contribution in [0, 0.1) is 5.92 Å². The summed E-state index contributed by atoms with van der Waals surface area (Å²) < 4.78 is 0. The number of carboxylic acids is 1. The van der Waals surface area contributed by atoms with Crippen molar-refractivity contribution in [3.8, 4) is 0 Å². The molecule has 13 heteroatoms. The molecular weight excluding hydrogens is 436 g/mol. The highest BCUT2D eigenvalue weighted by Crippen LogP contribution is 2.06. The van der Waals surface area contributed by atoms with E-state index in [4.69, 9.17) is 17.2 Å². The monoisotopic (exact) mass is 474 g/mol. The molecule has 4 amide bonds. The number of aliphatic hydroxyl groups is 1. The first-order chi connectivity index (χ1) is 15.4. The molecule has 190 valence electrons. The summed E-state index contributed by atoms with van der Waals surface area (Å²) in [6.45, 7) is 3.16. The number of nitrogens with one attached hydrogen (secondary N) is 3. The fourth-order valence-corrected chi connectivity index (χ4v) is 2.90. The minimum atomic E-state index is -1.43. The number of aliphatic hydroxyl groups excluding tert-OH is 1. The third kappa shape index (κ3) is 12.7. The van der Waals surface area contributed by atoms with Gasteiger partial charge in [0.15, 0.2) is 0 Å². The summed E-state index contributed by atoms with van der Waals surface area (Å²) in [6, 6.07) is -4.78. The van der Waals surface area contributed by atoms with Crippen LogP contribution in [0.3, 0.4) is 0 Å². The smallest absolute Gasteiger partial charge is 0.326 e. The standard InChI is InChI=1S/C20H38N6O7/c1-11(2)9-14(20(32)33)25-19(31)15(10-27)26-18(30)13(5-3-4-8-21)24-17(29)12(22)6-7-16(23)28/h11-15,27H,3-10,21-22H2,1-2H3,(H2,23,28)(H,24,29)(H,25,31)(H,26,30)(H,32,33)/t12-,13-,14-,15-/m0/s1. The molecule has 0 spiro atoms. The van der Waals surface area contributed by atoms with E-state index in [1.807, 2.05) is 0 Å². The zero-order chi connectivity index (χ0) is 25.6. The van der Waals surface area contributed by atoms with Crippen molar-refractivity contribution in [3.05, 3.63) is 0 Å². The molecule has 0 aliphatic carbocycles. The second-order valence-corrected chi connectivity index (χ2v) is 8.23. The fraction of sp³-hybridized carbons (Fsp3) is 0.750. The predicted molar refractivity (Wildman–Crippen MR) is 119 cm³/mol. The molecular formula is C20H38N6O7. The lowest BCUT2D eigenvalue weighted by atomic mass is 10.0. The fourth-order valence-electron chi connectivity index (χ4n) is 2.90. The van der Waals surface area contributed by atoms with Crippen LogP contribution in [0.5, 0.6) is 0 Å². The number of carbonyl (C=O) groups is 5. The van der Waals surface area contributed by atoms with E-state index in [2.05, 4.69) is 16.0 Å². The van der Waals surface area contributed by atoms with Gasteiger partial charge in [-0.15, -0.1) is 0 Å². The van der Waals surface area contributed by atoms with Gasteiger partial charge in [-0.2, -0.15) is 0 Å². The zero-order valence-electron chi connectivity index (χ0n) is 19.2. The van der Waals surface area contributed by atoms with Gasteiger partial charge in [0.1, 0.15) is 18.1 Å². The number of rotatable bonds is 17. The highest BCUT2D eigenvalue weighted by atomic mass is 16.4. The summed E-state index contributed by atoms with van der Waals surface area (Å²) in [5.41, 5.74) is 16.3. The summed E-state index contributed by atoms with van der Waals surface area (Å²) in [6.07, 6.45) is 1.29. The molecule has 0 bridgehead atoms. The molecule has 0 aromatic heterocycles. The molecule has 0 heterocycles.